The summed E-state index contributed by atoms with van der Waals surface area (Å²) in [6, 6.07) is 24.2. The lowest BCUT2D eigenvalue weighted by Crippen LogP contribution is -2.35. The van der Waals surface area contributed by atoms with Crippen molar-refractivity contribution < 1.29 is 19.7 Å². The second kappa shape index (κ2) is 14.7. The summed E-state index contributed by atoms with van der Waals surface area (Å²) in [5, 5.41) is 18.5. The molecule has 0 aliphatic carbocycles. The molecule has 0 bridgehead atoms. The maximum Gasteiger partial charge on any atom is 0.307 e. The molecule has 47 heavy (non-hydrogen) atoms. The van der Waals surface area contributed by atoms with Gasteiger partial charge in [-0.15, -0.1) is 0 Å². The molecular formula is C40H48N2O4S. The van der Waals surface area contributed by atoms with E-state index in [2.05, 4.69) is 103 Å². The Balaban J connectivity index is 0.000000807. The predicted molar refractivity (Wildman–Crippen MR) is 196 cm³/mol. The van der Waals surface area contributed by atoms with Crippen LogP contribution in [-0.4, -0.2) is 59.2 Å². The van der Waals surface area contributed by atoms with Crippen molar-refractivity contribution in [3.8, 4) is 33.4 Å². The molecule has 6 nitrogen and oxygen atoms in total. The van der Waals surface area contributed by atoms with Crippen LogP contribution in [0.15, 0.2) is 66.7 Å². The second-order valence-corrected chi connectivity index (χ2v) is 14.4. The summed E-state index contributed by atoms with van der Waals surface area (Å²) in [4.78, 5) is 14.6. The highest BCUT2D eigenvalue weighted by molar-refractivity contribution is 7.99. The van der Waals surface area contributed by atoms with Gasteiger partial charge in [0.15, 0.2) is 0 Å². The number of carboxylic acid groups (broad SMARTS) is 1. The minimum Gasteiger partial charge on any atom is -0.481 e. The van der Waals surface area contributed by atoms with E-state index in [0.717, 1.165) is 72.9 Å². The molecule has 7 heteroatoms. The fourth-order valence-electron chi connectivity index (χ4n) is 6.55. The summed E-state index contributed by atoms with van der Waals surface area (Å²) in [7, 11) is 0. The van der Waals surface area contributed by atoms with Gasteiger partial charge in [-0.3, -0.25) is 9.69 Å². The van der Waals surface area contributed by atoms with Gasteiger partial charge in [-0.2, -0.15) is 0 Å². The zero-order valence-corrected chi connectivity index (χ0v) is 29.6. The summed E-state index contributed by atoms with van der Waals surface area (Å²) in [6.45, 7) is 16.8. The smallest absolute Gasteiger partial charge is 0.307 e. The largest absolute Gasteiger partial charge is 0.481 e. The lowest BCUT2D eigenvalue weighted by molar-refractivity contribution is -0.136. The Bertz CT molecular complexity index is 1730. The van der Waals surface area contributed by atoms with E-state index in [1.165, 1.54) is 38.9 Å². The molecule has 0 atom stereocenters. The van der Waals surface area contributed by atoms with Gasteiger partial charge in [0.25, 0.3) is 0 Å². The van der Waals surface area contributed by atoms with Crippen LogP contribution >= 0.6 is 11.9 Å². The first kappa shape index (κ1) is 34.7. The highest BCUT2D eigenvalue weighted by Gasteiger charge is 2.30. The molecule has 0 saturated carbocycles. The van der Waals surface area contributed by atoms with Gasteiger partial charge in [0.05, 0.1) is 37.5 Å². The van der Waals surface area contributed by atoms with Crippen LogP contribution in [0, 0.1) is 20.8 Å². The molecule has 0 amide bonds. The molecule has 248 valence electrons. The number of benzene rings is 4. The second-order valence-electron chi connectivity index (χ2n) is 13.6. The molecule has 1 fully saturated rings. The number of aliphatic hydroxyl groups is 1. The van der Waals surface area contributed by atoms with Crippen molar-refractivity contribution >= 4 is 23.6 Å². The van der Waals surface area contributed by atoms with E-state index in [-0.39, 0.29) is 6.42 Å². The molecule has 4 aromatic carbocycles. The Hall–Kier alpha value is -3.62. The lowest BCUT2D eigenvalue weighted by atomic mass is 9.80. The Labute approximate surface area is 284 Å². The maximum atomic E-state index is 12.1. The first-order valence-electron chi connectivity index (χ1n) is 16.4. The third-order valence-corrected chi connectivity index (χ3v) is 9.45. The highest BCUT2D eigenvalue weighted by atomic mass is 32.2. The molecule has 2 N–H and O–H groups in total. The minimum absolute atomic E-state index is 0.00574. The molecular weight excluding hydrogens is 605 g/mol. The standard InChI is InChI=1S/C36H38N2O3S.C4H10O/c1-23-8-10-27(11-9-23)34-25(3)35-32-19-29(28-7-5-6-26(18-28)21-37-14-16-41-17-15-37)12-13-30(32)22-38(42-4)36(35)24(2)31(34)20-33(39)40;1-4(2,3)5/h5-13,18-19H,14-17,20-22H2,1-4H3,(H,39,40);5H,1-3H3. The van der Waals surface area contributed by atoms with Gasteiger partial charge in [-0.05, 0) is 109 Å². The van der Waals surface area contributed by atoms with E-state index in [1.54, 1.807) is 32.7 Å². The van der Waals surface area contributed by atoms with Crippen molar-refractivity contribution in [1.82, 2.24) is 4.90 Å². The fourth-order valence-corrected chi connectivity index (χ4v) is 7.23. The summed E-state index contributed by atoms with van der Waals surface area (Å²) in [6.07, 6.45) is 2.09. The van der Waals surface area contributed by atoms with Crippen molar-refractivity contribution in [2.24, 2.45) is 0 Å². The molecule has 2 heterocycles. The fraction of sp³-hybridized carbons (Fsp3) is 0.375. The van der Waals surface area contributed by atoms with E-state index < -0.39 is 11.6 Å². The van der Waals surface area contributed by atoms with Crippen LogP contribution in [0.1, 0.15) is 54.2 Å². The van der Waals surface area contributed by atoms with Gasteiger partial charge in [-0.1, -0.05) is 72.1 Å². The molecule has 2 aliphatic heterocycles. The number of morpholine rings is 1. The summed E-state index contributed by atoms with van der Waals surface area (Å²) in [5.41, 5.74) is 14.5. The Morgan fingerprint density at radius 3 is 2.15 bits per heavy atom. The molecule has 4 aromatic rings. The minimum atomic E-state index is -0.808. The van der Waals surface area contributed by atoms with Crippen molar-refractivity contribution in [2.75, 3.05) is 36.9 Å². The highest BCUT2D eigenvalue weighted by Crippen LogP contribution is 2.51. The van der Waals surface area contributed by atoms with Gasteiger partial charge in [-0.25, -0.2) is 0 Å². The topological polar surface area (TPSA) is 73.2 Å². The molecule has 0 spiro atoms. The normalized spacial score (nSPS) is 14.6. The summed E-state index contributed by atoms with van der Waals surface area (Å²) >= 11 is 1.70. The van der Waals surface area contributed by atoms with Crippen LogP contribution in [0.4, 0.5) is 5.69 Å². The number of carboxylic acids is 1. The summed E-state index contributed by atoms with van der Waals surface area (Å²) < 4.78 is 7.86. The quantitative estimate of drug-likeness (QED) is 0.194. The zero-order valence-electron chi connectivity index (χ0n) is 28.8. The predicted octanol–water partition coefficient (Wildman–Crippen LogP) is 8.45. The third-order valence-electron chi connectivity index (χ3n) is 8.70. The van der Waals surface area contributed by atoms with Crippen molar-refractivity contribution in [3.63, 3.8) is 0 Å². The Morgan fingerprint density at radius 1 is 0.872 bits per heavy atom. The van der Waals surface area contributed by atoms with Crippen LogP contribution in [0.2, 0.25) is 0 Å². The number of anilines is 1. The molecule has 0 radical (unpaired) electrons. The van der Waals surface area contributed by atoms with E-state index in [1.807, 2.05) is 0 Å². The van der Waals surface area contributed by atoms with Gasteiger partial charge in [0.2, 0.25) is 0 Å². The monoisotopic (exact) mass is 652 g/mol. The first-order valence-corrected chi connectivity index (χ1v) is 17.5. The molecule has 6 rings (SSSR count). The average molecular weight is 653 g/mol. The molecule has 0 aromatic heterocycles. The van der Waals surface area contributed by atoms with Gasteiger partial charge in [0, 0.05) is 31.5 Å². The van der Waals surface area contributed by atoms with Crippen LogP contribution in [0.5, 0.6) is 0 Å². The van der Waals surface area contributed by atoms with Crippen molar-refractivity contribution in [1.29, 1.82) is 0 Å². The number of hydrogen-bond acceptors (Lipinski definition) is 6. The zero-order chi connectivity index (χ0) is 33.9. The van der Waals surface area contributed by atoms with Gasteiger partial charge in [0.1, 0.15) is 0 Å². The maximum absolute atomic E-state index is 12.1. The number of aryl methyl sites for hydroxylation is 1. The molecule has 0 unspecified atom stereocenters. The number of fused-ring (bicyclic) bond motifs is 3. The lowest BCUT2D eigenvalue weighted by Gasteiger charge is -2.36. The Kier molecular flexibility index (Phi) is 10.8. The van der Waals surface area contributed by atoms with Crippen molar-refractivity contribution in [3.05, 3.63) is 100 Å². The van der Waals surface area contributed by atoms with Crippen LogP contribution in [0.3, 0.4) is 0 Å². The van der Waals surface area contributed by atoms with Gasteiger partial charge >= 0.3 is 5.97 Å². The van der Waals surface area contributed by atoms with Gasteiger partial charge < -0.3 is 19.3 Å². The van der Waals surface area contributed by atoms with Crippen LogP contribution < -0.4 is 4.31 Å². The number of hydrogen-bond donors (Lipinski definition) is 2. The number of aliphatic carboxylic acids is 1. The molecule has 1 saturated heterocycles. The number of nitrogens with zero attached hydrogens (tertiary/aromatic N) is 2. The van der Waals surface area contributed by atoms with Crippen molar-refractivity contribution in [2.45, 2.75) is 66.7 Å². The number of carbonyl (C=O) groups is 1. The van der Waals surface area contributed by atoms with E-state index in [4.69, 9.17) is 9.84 Å². The SMILES string of the molecule is CC(C)(C)O.CSN1Cc2ccc(-c3cccc(CN4CCOCC4)c3)cc2-c2c(C)c(-c3ccc(C)cc3)c(CC(=O)O)c(C)c21. The number of rotatable bonds is 7. The third kappa shape index (κ3) is 8.28. The van der Waals surface area contributed by atoms with Crippen LogP contribution in [0.25, 0.3) is 33.4 Å². The average Bonchev–Trinajstić information content (AvgIpc) is 3.03. The van der Waals surface area contributed by atoms with E-state index in [9.17, 15) is 9.90 Å². The first-order chi connectivity index (χ1) is 22.3. The number of ether oxygens (including phenoxy) is 1. The summed E-state index contributed by atoms with van der Waals surface area (Å²) in [5.74, 6) is -0.808. The van der Waals surface area contributed by atoms with E-state index >= 15 is 0 Å². The van der Waals surface area contributed by atoms with Crippen LogP contribution in [-0.2, 0) is 29.0 Å². The molecule has 2 aliphatic rings. The Morgan fingerprint density at radius 2 is 1.51 bits per heavy atom. The van der Waals surface area contributed by atoms with E-state index in [0.29, 0.717) is 0 Å².